The van der Waals surface area contributed by atoms with Gasteiger partial charge >= 0.3 is 0 Å². The SMILES string of the molecule is CCCCCN(CCCCC)C(=O)COC1(c2ccccc2)COc2ccccc2OCCCOc2ccccc2OC1. The topological polar surface area (TPSA) is 66.5 Å². The van der Waals surface area contributed by atoms with E-state index in [1.165, 1.54) is 0 Å². The van der Waals surface area contributed by atoms with Crippen molar-refractivity contribution in [1.29, 1.82) is 0 Å². The number of para-hydroxylation sites is 4. The van der Waals surface area contributed by atoms with Crippen molar-refractivity contribution in [2.24, 2.45) is 0 Å². The van der Waals surface area contributed by atoms with Crippen LogP contribution >= 0.6 is 0 Å². The second-order valence-electron chi connectivity index (χ2n) is 11.0. The van der Waals surface area contributed by atoms with Gasteiger partial charge in [-0.05, 0) is 42.7 Å². The first-order valence-electron chi connectivity index (χ1n) is 15.8. The van der Waals surface area contributed by atoms with Crippen LogP contribution in [0.3, 0.4) is 0 Å². The van der Waals surface area contributed by atoms with Crippen LogP contribution in [-0.2, 0) is 15.1 Å². The number of ether oxygens (including phenoxy) is 5. The Bertz CT molecular complexity index is 1170. The van der Waals surface area contributed by atoms with E-state index in [9.17, 15) is 4.79 Å². The molecule has 1 aliphatic rings. The Morgan fingerprint density at radius 2 is 1.14 bits per heavy atom. The molecule has 3 aromatic rings. The van der Waals surface area contributed by atoms with Gasteiger partial charge < -0.3 is 28.6 Å². The number of hydrogen-bond acceptors (Lipinski definition) is 6. The lowest BCUT2D eigenvalue weighted by Crippen LogP contribution is -2.45. The molecule has 0 unspecified atom stereocenters. The van der Waals surface area contributed by atoms with Gasteiger partial charge in [-0.25, -0.2) is 0 Å². The van der Waals surface area contributed by atoms with Crippen LogP contribution in [0.5, 0.6) is 23.0 Å². The van der Waals surface area contributed by atoms with Gasteiger partial charge in [-0.3, -0.25) is 4.79 Å². The molecule has 0 saturated carbocycles. The first-order chi connectivity index (χ1) is 21.1. The van der Waals surface area contributed by atoms with Crippen LogP contribution in [0.15, 0.2) is 78.9 Å². The molecular formula is C36H47NO6. The first kappa shape index (κ1) is 32.2. The minimum atomic E-state index is -1.10. The number of nitrogens with zero attached hydrogens (tertiary/aromatic N) is 1. The van der Waals surface area contributed by atoms with E-state index in [0.717, 1.165) is 57.2 Å². The standard InChI is InChI=1S/C36H47NO6/c1-3-5-14-23-37(24-15-6-4-2)35(38)27-43-36(30-17-8-7-9-18-30)28-41-33-21-12-10-19-31(33)39-25-16-26-40-32-20-11-13-22-34(32)42-29-36/h7-13,17-22H,3-6,14-16,23-29H2,1-2H3. The van der Waals surface area contributed by atoms with E-state index >= 15 is 0 Å². The average molecular weight is 590 g/mol. The Hall–Kier alpha value is -3.71. The van der Waals surface area contributed by atoms with Crippen molar-refractivity contribution in [3.05, 3.63) is 84.4 Å². The van der Waals surface area contributed by atoms with Gasteiger partial charge in [0.1, 0.15) is 19.8 Å². The highest BCUT2D eigenvalue weighted by Gasteiger charge is 2.38. The summed E-state index contributed by atoms with van der Waals surface area (Å²) in [6.45, 7) is 6.91. The molecule has 0 saturated heterocycles. The molecule has 7 nitrogen and oxygen atoms in total. The van der Waals surface area contributed by atoms with E-state index in [-0.39, 0.29) is 25.7 Å². The van der Waals surface area contributed by atoms with Crippen molar-refractivity contribution >= 4 is 5.91 Å². The lowest BCUT2D eigenvalue weighted by atomic mass is 9.95. The zero-order chi connectivity index (χ0) is 30.2. The first-order valence-corrected chi connectivity index (χ1v) is 15.8. The molecule has 0 fully saturated rings. The molecule has 1 amide bonds. The molecule has 3 aromatic carbocycles. The van der Waals surface area contributed by atoms with Crippen LogP contribution < -0.4 is 18.9 Å². The van der Waals surface area contributed by atoms with Crippen LogP contribution in [0.1, 0.15) is 64.4 Å². The summed E-state index contributed by atoms with van der Waals surface area (Å²) in [5.41, 5.74) is -0.241. The van der Waals surface area contributed by atoms with Crippen LogP contribution in [-0.4, -0.2) is 56.9 Å². The Balaban J connectivity index is 1.65. The van der Waals surface area contributed by atoms with Gasteiger partial charge in [-0.15, -0.1) is 0 Å². The van der Waals surface area contributed by atoms with Gasteiger partial charge in [0.25, 0.3) is 0 Å². The smallest absolute Gasteiger partial charge is 0.248 e. The fourth-order valence-electron chi connectivity index (χ4n) is 5.06. The Labute approximate surface area is 257 Å². The summed E-state index contributed by atoms with van der Waals surface area (Å²) in [6, 6.07) is 25.1. The Kier molecular flexibility index (Phi) is 13.0. The fraction of sp³-hybridized carbons (Fsp3) is 0.472. The fourth-order valence-corrected chi connectivity index (χ4v) is 5.06. The number of amides is 1. The van der Waals surface area contributed by atoms with Gasteiger partial charge in [-0.2, -0.15) is 0 Å². The molecule has 0 aromatic heterocycles. The molecule has 0 radical (unpaired) electrons. The molecule has 43 heavy (non-hydrogen) atoms. The molecule has 1 heterocycles. The van der Waals surface area contributed by atoms with E-state index in [1.54, 1.807) is 0 Å². The molecule has 0 bridgehead atoms. The van der Waals surface area contributed by atoms with Gasteiger partial charge in [0, 0.05) is 19.5 Å². The van der Waals surface area contributed by atoms with Gasteiger partial charge in [-0.1, -0.05) is 94.1 Å². The molecule has 0 spiro atoms. The van der Waals surface area contributed by atoms with Gasteiger partial charge in [0.15, 0.2) is 28.6 Å². The minimum Gasteiger partial charge on any atom is -0.490 e. The van der Waals surface area contributed by atoms with Crippen molar-refractivity contribution in [1.82, 2.24) is 4.90 Å². The monoisotopic (exact) mass is 589 g/mol. The van der Waals surface area contributed by atoms with E-state index in [1.807, 2.05) is 83.8 Å². The second kappa shape index (κ2) is 17.4. The number of unbranched alkanes of at least 4 members (excludes halogenated alkanes) is 4. The normalized spacial score (nSPS) is 14.8. The van der Waals surface area contributed by atoms with Crippen LogP contribution in [0.25, 0.3) is 0 Å². The summed E-state index contributed by atoms with van der Waals surface area (Å²) in [5, 5.41) is 0. The molecule has 232 valence electrons. The molecule has 1 aliphatic heterocycles. The highest BCUT2D eigenvalue weighted by molar-refractivity contribution is 5.77. The van der Waals surface area contributed by atoms with Crippen LogP contribution in [0.2, 0.25) is 0 Å². The Morgan fingerprint density at radius 1 is 0.674 bits per heavy atom. The number of hydrogen-bond donors (Lipinski definition) is 0. The third-order valence-corrected chi connectivity index (χ3v) is 7.61. The summed E-state index contributed by atoms with van der Waals surface area (Å²) in [7, 11) is 0. The second-order valence-corrected chi connectivity index (χ2v) is 11.0. The highest BCUT2D eigenvalue weighted by atomic mass is 16.6. The lowest BCUT2D eigenvalue weighted by Gasteiger charge is -2.35. The quantitative estimate of drug-likeness (QED) is 0.205. The van der Waals surface area contributed by atoms with Crippen molar-refractivity contribution in [3.8, 4) is 23.0 Å². The molecule has 4 rings (SSSR count). The molecular weight excluding hydrogens is 542 g/mol. The summed E-state index contributed by atoms with van der Waals surface area (Å²) in [4.78, 5) is 15.6. The Morgan fingerprint density at radius 3 is 1.63 bits per heavy atom. The van der Waals surface area contributed by atoms with Gasteiger partial charge in [0.05, 0.1) is 13.2 Å². The molecule has 7 heteroatoms. The molecule has 0 aliphatic carbocycles. The molecule has 0 N–H and O–H groups in total. The molecule has 0 atom stereocenters. The summed E-state index contributed by atoms with van der Waals surface area (Å²) >= 11 is 0. The summed E-state index contributed by atoms with van der Waals surface area (Å²) < 4.78 is 31.8. The zero-order valence-corrected chi connectivity index (χ0v) is 25.8. The van der Waals surface area contributed by atoms with Crippen molar-refractivity contribution in [2.75, 3.05) is 46.1 Å². The van der Waals surface area contributed by atoms with Crippen molar-refractivity contribution < 1.29 is 28.5 Å². The van der Waals surface area contributed by atoms with Crippen LogP contribution in [0.4, 0.5) is 0 Å². The third kappa shape index (κ3) is 9.65. The number of fused-ring (bicyclic) bond motifs is 2. The van der Waals surface area contributed by atoms with Gasteiger partial charge in [0.2, 0.25) is 5.91 Å². The largest absolute Gasteiger partial charge is 0.490 e. The van der Waals surface area contributed by atoms with E-state index in [0.29, 0.717) is 42.6 Å². The summed E-state index contributed by atoms with van der Waals surface area (Å²) in [6.07, 6.45) is 7.07. The third-order valence-electron chi connectivity index (χ3n) is 7.61. The predicted octanol–water partition coefficient (Wildman–Crippen LogP) is 7.43. The van der Waals surface area contributed by atoms with Crippen LogP contribution in [0, 0.1) is 0 Å². The summed E-state index contributed by atoms with van der Waals surface area (Å²) in [5.74, 6) is 2.50. The highest BCUT2D eigenvalue weighted by Crippen LogP contribution is 2.35. The van der Waals surface area contributed by atoms with Crippen molar-refractivity contribution in [2.45, 2.75) is 64.4 Å². The number of rotatable bonds is 12. The predicted molar refractivity (Wildman–Crippen MR) is 169 cm³/mol. The average Bonchev–Trinajstić information content (AvgIpc) is 3.05. The van der Waals surface area contributed by atoms with E-state index in [4.69, 9.17) is 23.7 Å². The lowest BCUT2D eigenvalue weighted by molar-refractivity contribution is -0.151. The van der Waals surface area contributed by atoms with E-state index in [2.05, 4.69) is 13.8 Å². The number of benzene rings is 3. The number of carbonyl (C=O) groups excluding carboxylic acids is 1. The maximum absolute atomic E-state index is 13.7. The zero-order valence-electron chi connectivity index (χ0n) is 25.8. The van der Waals surface area contributed by atoms with E-state index < -0.39 is 5.60 Å². The maximum atomic E-state index is 13.7. The number of carbonyl (C=O) groups is 1. The maximum Gasteiger partial charge on any atom is 0.248 e. The van der Waals surface area contributed by atoms with Crippen molar-refractivity contribution in [3.63, 3.8) is 0 Å². The minimum absolute atomic E-state index is 0.0191.